The van der Waals surface area contributed by atoms with Crippen LogP contribution in [0.3, 0.4) is 0 Å². The first-order valence-corrected chi connectivity index (χ1v) is 11.7. The molecule has 154 valence electrons. The maximum atomic E-state index is 12.7. The van der Waals surface area contributed by atoms with Crippen molar-refractivity contribution in [3.05, 3.63) is 23.8 Å². The van der Waals surface area contributed by atoms with Crippen LogP contribution in [-0.2, 0) is 9.59 Å². The van der Waals surface area contributed by atoms with E-state index in [0.29, 0.717) is 12.3 Å². The van der Waals surface area contributed by atoms with E-state index in [1.54, 1.807) is 12.2 Å². The highest BCUT2D eigenvalue weighted by Crippen LogP contribution is 2.71. The summed E-state index contributed by atoms with van der Waals surface area (Å²) in [5, 5.41) is 11.6. The van der Waals surface area contributed by atoms with Gasteiger partial charge in [0, 0.05) is 11.3 Å². The van der Waals surface area contributed by atoms with Crippen LogP contribution in [0.4, 0.5) is 0 Å². The summed E-state index contributed by atoms with van der Waals surface area (Å²) in [7, 11) is 0. The number of hydrogen-bond acceptors (Lipinski definition) is 3. The molecule has 0 spiro atoms. The third kappa shape index (κ3) is 2.43. The van der Waals surface area contributed by atoms with Gasteiger partial charge in [-0.25, -0.2) is 0 Å². The van der Waals surface area contributed by atoms with Crippen molar-refractivity contribution in [1.82, 2.24) is 0 Å². The monoisotopic (exact) mass is 468 g/mol. The Balaban J connectivity index is 1.84. The molecule has 0 aromatic rings. The molecule has 0 radical (unpaired) electrons. The highest BCUT2D eigenvalue weighted by molar-refractivity contribution is 9.10. The number of ketones is 2. The summed E-state index contributed by atoms with van der Waals surface area (Å²) in [6.45, 7) is 8.72. The fourth-order valence-electron chi connectivity index (χ4n) is 7.74. The maximum absolute atomic E-state index is 12.7. The average molecular weight is 470 g/mol. The average Bonchev–Trinajstić information content (AvgIpc) is 2.89. The van der Waals surface area contributed by atoms with E-state index in [-0.39, 0.29) is 46.5 Å². The second-order valence-electron chi connectivity index (χ2n) is 10.2. The van der Waals surface area contributed by atoms with E-state index in [1.165, 1.54) is 0 Å². The van der Waals surface area contributed by atoms with Crippen LogP contribution in [0, 0.1) is 40.4 Å². The Labute approximate surface area is 181 Å². The first-order valence-electron chi connectivity index (χ1n) is 10.4. The molecule has 0 bridgehead atoms. The second-order valence-corrected chi connectivity index (χ2v) is 11.8. The molecule has 0 heterocycles. The van der Waals surface area contributed by atoms with Gasteiger partial charge in [-0.3, -0.25) is 9.59 Å². The standard InChI is InChI=1S/C23H30BrClO3/c1-12-7-17-16-8-13(2)20(18(27)11-25)21(16,3)10-19(28)23(17,24)22(4)6-5-14(26)9-15(12)22/h5-6,9,12-13,16-17,19-20,28H,7-8,10-11H2,1-4H3/t12?,13?,16-,17-,19?,20+,21-,22-,23-/m0/s1. The van der Waals surface area contributed by atoms with Crippen molar-refractivity contribution in [3.8, 4) is 0 Å². The maximum Gasteiger partial charge on any atom is 0.178 e. The molecule has 4 rings (SSSR count). The molecule has 3 nitrogen and oxygen atoms in total. The molecule has 28 heavy (non-hydrogen) atoms. The number of carbonyl (C=O) groups excluding carboxylic acids is 2. The van der Waals surface area contributed by atoms with Crippen molar-refractivity contribution in [2.24, 2.45) is 40.4 Å². The van der Waals surface area contributed by atoms with Crippen LogP contribution in [0.15, 0.2) is 23.8 Å². The summed E-state index contributed by atoms with van der Waals surface area (Å²) in [4.78, 5) is 24.8. The van der Waals surface area contributed by atoms with Crippen molar-refractivity contribution in [1.29, 1.82) is 0 Å². The van der Waals surface area contributed by atoms with Gasteiger partial charge in [0.2, 0.25) is 0 Å². The molecule has 0 saturated heterocycles. The number of carbonyl (C=O) groups is 2. The number of aliphatic hydroxyl groups excluding tert-OH is 1. The molecule has 4 aliphatic carbocycles. The number of rotatable bonds is 2. The van der Waals surface area contributed by atoms with E-state index in [9.17, 15) is 14.7 Å². The minimum absolute atomic E-state index is 0.0336. The molecular weight excluding hydrogens is 440 g/mol. The van der Waals surface area contributed by atoms with Crippen molar-refractivity contribution >= 4 is 39.1 Å². The molecule has 0 aromatic carbocycles. The molecule has 5 heteroatoms. The first kappa shape index (κ1) is 20.8. The summed E-state index contributed by atoms with van der Waals surface area (Å²) >= 11 is 10.0. The summed E-state index contributed by atoms with van der Waals surface area (Å²) in [6, 6.07) is 0. The second kappa shape index (κ2) is 6.52. The summed E-state index contributed by atoms with van der Waals surface area (Å²) in [5.41, 5.74) is 0.468. The van der Waals surface area contributed by atoms with Gasteiger partial charge in [-0.1, -0.05) is 55.3 Å². The highest BCUT2D eigenvalue weighted by atomic mass is 79.9. The van der Waals surface area contributed by atoms with Crippen molar-refractivity contribution < 1.29 is 14.7 Å². The molecule has 4 aliphatic rings. The van der Waals surface area contributed by atoms with Crippen LogP contribution in [0.5, 0.6) is 0 Å². The van der Waals surface area contributed by atoms with Crippen LogP contribution >= 0.6 is 27.5 Å². The van der Waals surface area contributed by atoms with Crippen molar-refractivity contribution in [3.63, 3.8) is 0 Å². The number of allylic oxidation sites excluding steroid dienone is 4. The Morgan fingerprint density at radius 3 is 2.61 bits per heavy atom. The first-order chi connectivity index (χ1) is 13.0. The Kier molecular flexibility index (Phi) is 4.85. The van der Waals surface area contributed by atoms with Gasteiger partial charge in [0.25, 0.3) is 0 Å². The predicted molar refractivity (Wildman–Crippen MR) is 114 cm³/mol. The lowest BCUT2D eigenvalue weighted by Crippen LogP contribution is -2.66. The number of Topliss-reactive ketones (excluding diaryl/α,β-unsaturated/α-hetero) is 1. The lowest BCUT2D eigenvalue weighted by atomic mass is 9.45. The molecule has 3 saturated carbocycles. The van der Waals surface area contributed by atoms with Crippen LogP contribution in [-0.4, -0.2) is 33.0 Å². The van der Waals surface area contributed by atoms with Crippen molar-refractivity contribution in [2.75, 3.05) is 5.88 Å². The molecule has 0 aliphatic heterocycles. The fraction of sp³-hybridized carbons (Fsp3) is 0.739. The number of hydrogen-bond donors (Lipinski definition) is 1. The van der Waals surface area contributed by atoms with Crippen LogP contribution in [0.1, 0.15) is 47.0 Å². The quantitative estimate of drug-likeness (QED) is 0.597. The van der Waals surface area contributed by atoms with E-state index < -0.39 is 15.8 Å². The minimum atomic E-state index is -0.603. The molecular formula is C23H30BrClO3. The van der Waals surface area contributed by atoms with Gasteiger partial charge in [-0.2, -0.15) is 0 Å². The van der Waals surface area contributed by atoms with Gasteiger partial charge in [0.1, 0.15) is 0 Å². The zero-order chi connectivity index (χ0) is 20.6. The largest absolute Gasteiger partial charge is 0.392 e. The predicted octanol–water partition coefficient (Wildman–Crippen LogP) is 4.70. The van der Waals surface area contributed by atoms with Crippen LogP contribution < -0.4 is 0 Å². The smallest absolute Gasteiger partial charge is 0.178 e. The van der Waals surface area contributed by atoms with E-state index in [0.717, 1.165) is 18.4 Å². The summed E-state index contributed by atoms with van der Waals surface area (Å²) < 4.78 is -0.529. The fourth-order valence-corrected chi connectivity index (χ4v) is 8.93. The van der Waals surface area contributed by atoms with Gasteiger partial charge in [-0.15, -0.1) is 11.6 Å². The molecule has 3 unspecified atom stereocenters. The van der Waals surface area contributed by atoms with E-state index in [1.807, 2.05) is 6.08 Å². The Morgan fingerprint density at radius 2 is 1.96 bits per heavy atom. The number of alkyl halides is 2. The van der Waals surface area contributed by atoms with Gasteiger partial charge in [0.05, 0.1) is 16.3 Å². The van der Waals surface area contributed by atoms with E-state index >= 15 is 0 Å². The summed E-state index contributed by atoms with van der Waals surface area (Å²) in [6.07, 6.45) is 7.32. The molecule has 0 aromatic heterocycles. The molecule has 0 amide bonds. The summed E-state index contributed by atoms with van der Waals surface area (Å²) in [5.74, 6) is 1.21. The van der Waals surface area contributed by atoms with Gasteiger partial charge in [0.15, 0.2) is 11.6 Å². The Bertz CT molecular complexity index is 791. The number of halogens is 2. The third-order valence-corrected chi connectivity index (χ3v) is 11.0. The zero-order valence-electron chi connectivity index (χ0n) is 17.0. The highest BCUT2D eigenvalue weighted by Gasteiger charge is 2.70. The molecule has 9 atom stereocenters. The number of aliphatic hydroxyl groups is 1. The number of fused-ring (bicyclic) bond motifs is 5. The Hall–Kier alpha value is -0.450. The van der Waals surface area contributed by atoms with Gasteiger partial charge >= 0.3 is 0 Å². The van der Waals surface area contributed by atoms with Crippen LogP contribution in [0.25, 0.3) is 0 Å². The molecule has 1 N–H and O–H groups in total. The van der Waals surface area contributed by atoms with Crippen molar-refractivity contribution in [2.45, 2.75) is 57.4 Å². The molecule has 3 fully saturated rings. The minimum Gasteiger partial charge on any atom is -0.392 e. The Morgan fingerprint density at radius 1 is 1.29 bits per heavy atom. The van der Waals surface area contributed by atoms with E-state index in [2.05, 4.69) is 43.6 Å². The van der Waals surface area contributed by atoms with E-state index in [4.69, 9.17) is 11.6 Å². The van der Waals surface area contributed by atoms with Gasteiger partial charge in [-0.05, 0) is 60.5 Å². The normalized spacial score (nSPS) is 52.5. The lowest BCUT2D eigenvalue weighted by molar-refractivity contribution is -0.134. The lowest BCUT2D eigenvalue weighted by Gasteiger charge is -2.64. The topological polar surface area (TPSA) is 54.4 Å². The van der Waals surface area contributed by atoms with Crippen LogP contribution in [0.2, 0.25) is 0 Å². The third-order valence-electron chi connectivity index (χ3n) is 8.79. The SMILES string of the molecule is CC1C[C@H]2[C@@H]3CC(C)[C@H](C(=O)CCl)[C@@]3(C)CC(O)[C@]2(Br)[C@@]2(C)C=CC(=O)C=C12. The van der Waals surface area contributed by atoms with Gasteiger partial charge < -0.3 is 5.11 Å². The zero-order valence-corrected chi connectivity index (χ0v) is 19.4.